The Kier molecular flexibility index (Phi) is 7.14. The molecule has 1 aromatic carbocycles. The summed E-state index contributed by atoms with van der Waals surface area (Å²) in [4.78, 5) is 19.5. The summed E-state index contributed by atoms with van der Waals surface area (Å²) >= 11 is 3.57. The summed E-state index contributed by atoms with van der Waals surface area (Å²) in [5.74, 6) is 0.337. The van der Waals surface area contributed by atoms with Crippen LogP contribution in [0.5, 0.6) is 0 Å². The Morgan fingerprint density at radius 1 is 1.28 bits per heavy atom. The number of hydrogen-bond donors (Lipinski definition) is 2. The molecule has 1 amide bonds. The molecular formula is C22H29BrN4O2. The number of pyridine rings is 1. The van der Waals surface area contributed by atoms with Gasteiger partial charge in [-0.2, -0.15) is 0 Å². The van der Waals surface area contributed by atoms with E-state index in [4.69, 9.17) is 10.5 Å². The maximum Gasteiger partial charge on any atom is 0.251 e. The van der Waals surface area contributed by atoms with E-state index in [2.05, 4.69) is 44.1 Å². The van der Waals surface area contributed by atoms with Crippen molar-refractivity contribution >= 4 is 33.3 Å². The second-order valence-electron chi connectivity index (χ2n) is 7.45. The van der Waals surface area contributed by atoms with Crippen LogP contribution in [-0.4, -0.2) is 36.7 Å². The Morgan fingerprint density at radius 2 is 2.00 bits per heavy atom. The third-order valence-corrected chi connectivity index (χ3v) is 5.84. The van der Waals surface area contributed by atoms with Crippen molar-refractivity contribution in [3.8, 4) is 0 Å². The Hall–Kier alpha value is -2.12. The predicted octanol–water partition coefficient (Wildman–Crippen LogP) is 3.98. The van der Waals surface area contributed by atoms with Crippen LogP contribution in [0.15, 0.2) is 28.7 Å². The normalized spacial score (nSPS) is 14.6. The first-order valence-corrected chi connectivity index (χ1v) is 10.8. The zero-order valence-corrected chi connectivity index (χ0v) is 18.9. The second kappa shape index (κ2) is 9.59. The van der Waals surface area contributed by atoms with E-state index in [1.54, 1.807) is 0 Å². The molecule has 2 heterocycles. The molecule has 1 aliphatic rings. The standard InChI is InChI=1S/C22H29BrN4O2/c1-4-27(18-5-7-29-8-6-18)19-11-16(10-17(23)12-19)22(28)25-13-20-14(2)9-15(3)26-21(20)24/h9-12,18H,4-8,13H2,1-3H3,(H2,24,26)(H,25,28). The van der Waals surface area contributed by atoms with Crippen molar-refractivity contribution in [3.63, 3.8) is 0 Å². The van der Waals surface area contributed by atoms with E-state index in [1.807, 2.05) is 32.0 Å². The lowest BCUT2D eigenvalue weighted by Gasteiger charge is -2.35. The number of aromatic nitrogens is 1. The van der Waals surface area contributed by atoms with Crippen LogP contribution in [0.25, 0.3) is 0 Å². The smallest absolute Gasteiger partial charge is 0.251 e. The van der Waals surface area contributed by atoms with Gasteiger partial charge in [0.05, 0.1) is 0 Å². The molecule has 1 aliphatic heterocycles. The summed E-state index contributed by atoms with van der Waals surface area (Å²) in [6, 6.07) is 8.28. The van der Waals surface area contributed by atoms with Crippen molar-refractivity contribution in [3.05, 3.63) is 51.1 Å². The molecule has 3 rings (SSSR count). The number of amides is 1. The number of halogens is 1. The van der Waals surface area contributed by atoms with E-state index in [1.165, 1.54) is 0 Å². The molecular weight excluding hydrogens is 432 g/mol. The molecule has 156 valence electrons. The van der Waals surface area contributed by atoms with E-state index in [0.717, 1.165) is 59.6 Å². The van der Waals surface area contributed by atoms with Crippen molar-refractivity contribution in [1.29, 1.82) is 0 Å². The third-order valence-electron chi connectivity index (χ3n) is 5.38. The lowest BCUT2D eigenvalue weighted by Crippen LogP contribution is -2.39. The molecule has 0 unspecified atom stereocenters. The summed E-state index contributed by atoms with van der Waals surface area (Å²) < 4.78 is 6.39. The topological polar surface area (TPSA) is 80.5 Å². The Morgan fingerprint density at radius 3 is 2.66 bits per heavy atom. The monoisotopic (exact) mass is 460 g/mol. The lowest BCUT2D eigenvalue weighted by atomic mass is 10.0. The fourth-order valence-corrected chi connectivity index (χ4v) is 4.39. The first-order chi connectivity index (χ1) is 13.9. The third kappa shape index (κ3) is 5.28. The van der Waals surface area contributed by atoms with Crippen LogP contribution in [0.3, 0.4) is 0 Å². The zero-order chi connectivity index (χ0) is 21.0. The Bertz CT molecular complexity index is 858. The van der Waals surface area contributed by atoms with Gasteiger partial charge in [-0.3, -0.25) is 4.79 Å². The number of nitrogen functional groups attached to an aromatic ring is 1. The first-order valence-electron chi connectivity index (χ1n) is 10.0. The number of nitrogens with two attached hydrogens (primary N) is 1. The number of nitrogens with one attached hydrogen (secondary N) is 1. The molecule has 0 aliphatic carbocycles. The molecule has 2 aromatic rings. The lowest BCUT2D eigenvalue weighted by molar-refractivity contribution is 0.0846. The zero-order valence-electron chi connectivity index (χ0n) is 17.3. The summed E-state index contributed by atoms with van der Waals surface area (Å²) in [7, 11) is 0. The molecule has 1 fully saturated rings. The number of carbonyl (C=O) groups is 1. The maximum absolute atomic E-state index is 12.9. The van der Waals surface area contributed by atoms with Crippen LogP contribution in [0.2, 0.25) is 0 Å². The number of rotatable bonds is 6. The first kappa shape index (κ1) is 21.6. The van der Waals surface area contributed by atoms with Crippen molar-refractivity contribution in [1.82, 2.24) is 10.3 Å². The van der Waals surface area contributed by atoms with Gasteiger partial charge < -0.3 is 20.7 Å². The summed E-state index contributed by atoms with van der Waals surface area (Å²) in [6.45, 7) is 8.84. The van der Waals surface area contributed by atoms with Crippen molar-refractivity contribution in [2.24, 2.45) is 0 Å². The molecule has 29 heavy (non-hydrogen) atoms. The average molecular weight is 461 g/mol. The van der Waals surface area contributed by atoms with Crippen molar-refractivity contribution in [2.75, 3.05) is 30.4 Å². The molecule has 0 atom stereocenters. The molecule has 3 N–H and O–H groups in total. The van der Waals surface area contributed by atoms with E-state index in [9.17, 15) is 4.79 Å². The summed E-state index contributed by atoms with van der Waals surface area (Å²) in [5.41, 5.74) is 10.5. The molecule has 0 saturated carbocycles. The largest absolute Gasteiger partial charge is 0.383 e. The predicted molar refractivity (Wildman–Crippen MR) is 120 cm³/mol. The Balaban J connectivity index is 1.77. The minimum atomic E-state index is -0.130. The van der Waals surface area contributed by atoms with E-state index in [0.29, 0.717) is 24.0 Å². The minimum Gasteiger partial charge on any atom is -0.383 e. The minimum absolute atomic E-state index is 0.130. The van der Waals surface area contributed by atoms with Gasteiger partial charge in [0.15, 0.2) is 0 Å². The van der Waals surface area contributed by atoms with Gasteiger partial charge in [-0.05, 0) is 63.4 Å². The van der Waals surface area contributed by atoms with E-state index < -0.39 is 0 Å². The van der Waals surface area contributed by atoms with Crippen LogP contribution >= 0.6 is 15.9 Å². The van der Waals surface area contributed by atoms with Gasteiger partial charge in [0.2, 0.25) is 0 Å². The number of benzene rings is 1. The maximum atomic E-state index is 12.9. The van der Waals surface area contributed by atoms with Crippen LogP contribution in [0, 0.1) is 13.8 Å². The van der Waals surface area contributed by atoms with Gasteiger partial charge in [0, 0.05) is 59.3 Å². The molecule has 7 heteroatoms. The number of anilines is 2. The highest BCUT2D eigenvalue weighted by molar-refractivity contribution is 9.10. The SMILES string of the molecule is CCN(c1cc(Br)cc(C(=O)NCc2c(C)cc(C)nc2N)c1)C1CCOCC1. The van der Waals surface area contributed by atoms with Crippen LogP contribution < -0.4 is 16.0 Å². The summed E-state index contributed by atoms with van der Waals surface area (Å²) in [6.07, 6.45) is 2.00. The van der Waals surface area contributed by atoms with Gasteiger partial charge in [-0.15, -0.1) is 0 Å². The number of hydrogen-bond acceptors (Lipinski definition) is 5. The highest BCUT2D eigenvalue weighted by atomic mass is 79.9. The van der Waals surface area contributed by atoms with Gasteiger partial charge in [-0.25, -0.2) is 4.98 Å². The number of ether oxygens (including phenoxy) is 1. The highest BCUT2D eigenvalue weighted by Gasteiger charge is 2.22. The van der Waals surface area contributed by atoms with Crippen LogP contribution in [-0.2, 0) is 11.3 Å². The number of carbonyl (C=O) groups excluding carboxylic acids is 1. The molecule has 6 nitrogen and oxygen atoms in total. The molecule has 0 spiro atoms. The van der Waals surface area contributed by atoms with E-state index >= 15 is 0 Å². The molecule has 0 bridgehead atoms. The summed E-state index contributed by atoms with van der Waals surface area (Å²) in [5, 5.41) is 2.99. The molecule has 1 aromatic heterocycles. The molecule has 0 radical (unpaired) electrons. The fourth-order valence-electron chi connectivity index (χ4n) is 3.91. The van der Waals surface area contributed by atoms with Crippen molar-refractivity contribution < 1.29 is 9.53 Å². The molecule has 1 saturated heterocycles. The number of aryl methyl sites for hydroxylation is 2. The highest BCUT2D eigenvalue weighted by Crippen LogP contribution is 2.27. The Labute approximate surface area is 181 Å². The van der Waals surface area contributed by atoms with Gasteiger partial charge in [-0.1, -0.05) is 15.9 Å². The van der Waals surface area contributed by atoms with E-state index in [-0.39, 0.29) is 5.91 Å². The van der Waals surface area contributed by atoms with Crippen molar-refractivity contribution in [2.45, 2.75) is 46.2 Å². The van der Waals surface area contributed by atoms with Crippen LogP contribution in [0.4, 0.5) is 11.5 Å². The average Bonchev–Trinajstić information content (AvgIpc) is 2.68. The number of nitrogens with zero attached hydrogens (tertiary/aromatic N) is 2. The van der Waals surface area contributed by atoms with Crippen LogP contribution in [0.1, 0.15) is 46.9 Å². The quantitative estimate of drug-likeness (QED) is 0.681. The van der Waals surface area contributed by atoms with Gasteiger partial charge in [0.1, 0.15) is 5.82 Å². The fraction of sp³-hybridized carbons (Fsp3) is 0.455. The second-order valence-corrected chi connectivity index (χ2v) is 8.37. The van der Waals surface area contributed by atoms with Gasteiger partial charge in [0.25, 0.3) is 5.91 Å². The van der Waals surface area contributed by atoms with Gasteiger partial charge >= 0.3 is 0 Å².